The number of esters is 1. The van der Waals surface area contributed by atoms with E-state index in [2.05, 4.69) is 65.4 Å². The van der Waals surface area contributed by atoms with Crippen LogP contribution in [0.15, 0.2) is 60.7 Å². The molecule has 0 aliphatic carbocycles. The van der Waals surface area contributed by atoms with Gasteiger partial charge in [0, 0.05) is 17.9 Å². The molecule has 61 heavy (non-hydrogen) atoms. The van der Waals surface area contributed by atoms with Gasteiger partial charge in [-0.3, -0.25) is 4.79 Å². The highest BCUT2D eigenvalue weighted by atomic mass is 33.1. The Morgan fingerprint density at radius 1 is 0.443 bits per heavy atom. The van der Waals surface area contributed by atoms with E-state index in [0.29, 0.717) is 12.8 Å². The van der Waals surface area contributed by atoms with Crippen LogP contribution in [0.5, 0.6) is 0 Å². The highest BCUT2D eigenvalue weighted by Crippen LogP contribution is 2.65. The topological polar surface area (TPSA) is 26.3 Å². The van der Waals surface area contributed by atoms with Gasteiger partial charge in [0.1, 0.15) is 0 Å². The standard InChI is InChI=1S/C24H29F19O2.C14H14S2/c1-2-3-4-5-6-7-8-9-10-11-12-13-15(44)45-14-16(25,26)17(27,28)18(29,30)19(31,32)20(33,34)21(35,36)22(37,38)23(39,40)24(41,42)43;1-3-7-13(8-4-1)11-15-16-12-14-9-5-2-6-10-14/h2-14H2,1H3;1-10H,11-12H2. The number of carbonyl (C=O) groups is 1. The molecule has 0 saturated heterocycles. The maximum Gasteiger partial charge on any atom is 0.460 e. The summed E-state index contributed by atoms with van der Waals surface area (Å²) < 4.78 is 256. The monoisotopic (exact) mass is 956 g/mol. The SMILES string of the molecule is CCCCCCCCCCCCCC(=O)OCC(F)(F)C(F)(F)C(F)(F)C(F)(F)C(F)(F)C(F)(F)C(F)(F)C(F)(F)C(F)(F)F.c1ccc(CSSCc2ccccc2)cc1. The van der Waals surface area contributed by atoms with E-state index in [4.69, 9.17) is 0 Å². The second-order valence-electron chi connectivity index (χ2n) is 13.7. The van der Waals surface area contributed by atoms with Crippen LogP contribution in [0.4, 0.5) is 83.4 Å². The Hall–Kier alpha value is -2.72. The summed E-state index contributed by atoms with van der Waals surface area (Å²) in [4.78, 5) is 11.5. The van der Waals surface area contributed by atoms with Crippen molar-refractivity contribution in [3.63, 3.8) is 0 Å². The van der Waals surface area contributed by atoms with Gasteiger partial charge < -0.3 is 4.74 Å². The maximum absolute atomic E-state index is 13.8. The predicted molar refractivity (Wildman–Crippen MR) is 193 cm³/mol. The largest absolute Gasteiger partial charge is 0.460 e. The average Bonchev–Trinajstić information content (AvgIpc) is 3.18. The van der Waals surface area contributed by atoms with E-state index in [1.165, 1.54) is 11.1 Å². The Morgan fingerprint density at radius 2 is 0.754 bits per heavy atom. The van der Waals surface area contributed by atoms with Crippen molar-refractivity contribution in [1.29, 1.82) is 0 Å². The molecule has 2 rings (SSSR count). The molecule has 0 bridgehead atoms. The maximum atomic E-state index is 13.8. The number of unbranched alkanes of at least 4 members (excludes halogenated alkanes) is 10. The lowest BCUT2D eigenvalue weighted by atomic mass is 9.87. The molecule has 2 aromatic rings. The van der Waals surface area contributed by atoms with Crippen molar-refractivity contribution in [3.8, 4) is 0 Å². The summed E-state index contributed by atoms with van der Waals surface area (Å²) in [6.45, 7) is -1.25. The normalized spacial score (nSPS) is 13.8. The molecule has 0 radical (unpaired) electrons. The van der Waals surface area contributed by atoms with Crippen LogP contribution < -0.4 is 0 Å². The summed E-state index contributed by atoms with van der Waals surface area (Å²) >= 11 is 0. The first-order valence-electron chi connectivity index (χ1n) is 18.5. The lowest BCUT2D eigenvalue weighted by Gasteiger charge is -2.43. The molecule has 0 amide bonds. The van der Waals surface area contributed by atoms with Crippen molar-refractivity contribution in [2.45, 2.75) is 149 Å². The number of halogens is 19. The van der Waals surface area contributed by atoms with E-state index >= 15 is 0 Å². The van der Waals surface area contributed by atoms with Crippen LogP contribution in [-0.2, 0) is 21.0 Å². The summed E-state index contributed by atoms with van der Waals surface area (Å²) in [5.74, 6) is -67.0. The van der Waals surface area contributed by atoms with Gasteiger partial charge in [0.25, 0.3) is 0 Å². The van der Waals surface area contributed by atoms with Crippen molar-refractivity contribution in [3.05, 3.63) is 71.8 Å². The Balaban J connectivity index is 0.000000954. The van der Waals surface area contributed by atoms with Crippen LogP contribution in [0.1, 0.15) is 95.1 Å². The van der Waals surface area contributed by atoms with E-state index < -0.39 is 72.6 Å². The number of rotatable bonds is 26. The average molecular weight is 957 g/mol. The molecule has 2 aromatic carbocycles. The predicted octanol–water partition coefficient (Wildman–Crippen LogP) is 15.6. The van der Waals surface area contributed by atoms with Crippen molar-refractivity contribution >= 4 is 27.6 Å². The molecule has 0 saturated carbocycles. The van der Waals surface area contributed by atoms with Crippen LogP contribution in [0.2, 0.25) is 0 Å². The molecule has 352 valence electrons. The van der Waals surface area contributed by atoms with Gasteiger partial charge >= 0.3 is 59.5 Å². The van der Waals surface area contributed by atoms with Crippen molar-refractivity contribution < 1.29 is 92.9 Å². The molecule has 23 heteroatoms. The van der Waals surface area contributed by atoms with Crippen LogP contribution in [0.25, 0.3) is 0 Å². The summed E-state index contributed by atoms with van der Waals surface area (Å²) in [6.07, 6.45) is -0.625. The lowest BCUT2D eigenvalue weighted by molar-refractivity contribution is -0.469. The zero-order valence-electron chi connectivity index (χ0n) is 32.2. The number of ether oxygens (including phenoxy) is 1. The number of carbonyl (C=O) groups excluding carboxylic acids is 1. The van der Waals surface area contributed by atoms with Gasteiger partial charge in [0.15, 0.2) is 6.61 Å². The fourth-order valence-corrected chi connectivity index (χ4v) is 7.17. The van der Waals surface area contributed by atoms with Gasteiger partial charge in [-0.1, -0.05) is 153 Å². The summed E-state index contributed by atoms with van der Waals surface area (Å²) in [5, 5.41) is 0. The molecule has 0 aliphatic heterocycles. The molecule has 0 aliphatic rings. The number of hydrogen-bond acceptors (Lipinski definition) is 4. The van der Waals surface area contributed by atoms with E-state index in [1.54, 1.807) is 0 Å². The Morgan fingerprint density at radius 3 is 1.10 bits per heavy atom. The summed E-state index contributed by atoms with van der Waals surface area (Å²) in [5.41, 5.74) is 2.79. The third-order valence-electron chi connectivity index (χ3n) is 8.80. The van der Waals surface area contributed by atoms with Crippen molar-refractivity contribution in [1.82, 2.24) is 0 Å². The number of alkyl halides is 19. The fourth-order valence-electron chi connectivity index (χ4n) is 5.03. The van der Waals surface area contributed by atoms with E-state index in [1.807, 2.05) is 28.5 Å². The van der Waals surface area contributed by atoms with Gasteiger partial charge in [0.2, 0.25) is 0 Å². The first-order chi connectivity index (χ1) is 27.9. The summed E-state index contributed by atoms with van der Waals surface area (Å²) in [7, 11) is 3.84. The molecule has 0 unspecified atom stereocenters. The third kappa shape index (κ3) is 14.1. The molecule has 0 N–H and O–H groups in total. The van der Waals surface area contributed by atoms with E-state index in [-0.39, 0.29) is 12.8 Å². The van der Waals surface area contributed by atoms with Crippen LogP contribution in [0, 0.1) is 0 Å². The van der Waals surface area contributed by atoms with Crippen LogP contribution in [-0.4, -0.2) is 66.1 Å². The molecular formula is C38H43F19O2S2. The molecule has 0 fully saturated rings. The molecule has 0 atom stereocenters. The molecule has 0 heterocycles. The Bertz CT molecular complexity index is 1520. The Kier molecular flexibility index (Phi) is 21.5. The van der Waals surface area contributed by atoms with Gasteiger partial charge in [-0.25, -0.2) is 0 Å². The molecule has 0 aromatic heterocycles. The molecule has 0 spiro atoms. The second-order valence-corrected chi connectivity index (χ2v) is 16.1. The van der Waals surface area contributed by atoms with E-state index in [9.17, 15) is 88.2 Å². The van der Waals surface area contributed by atoms with Crippen molar-refractivity contribution in [2.24, 2.45) is 0 Å². The minimum absolute atomic E-state index is 0.149. The van der Waals surface area contributed by atoms with Crippen molar-refractivity contribution in [2.75, 3.05) is 6.61 Å². The molecular weight excluding hydrogens is 914 g/mol. The minimum Gasteiger partial charge on any atom is -0.459 e. The minimum atomic E-state index is -8.98. The highest BCUT2D eigenvalue weighted by molar-refractivity contribution is 8.76. The van der Waals surface area contributed by atoms with E-state index in [0.717, 1.165) is 56.5 Å². The summed E-state index contributed by atoms with van der Waals surface area (Å²) in [6, 6.07) is 21.2. The Labute approximate surface area is 347 Å². The highest BCUT2D eigenvalue weighted by Gasteiger charge is 2.96. The first-order valence-corrected chi connectivity index (χ1v) is 21.0. The first kappa shape index (κ1) is 56.3. The lowest BCUT2D eigenvalue weighted by Crippen LogP contribution is -2.76. The zero-order valence-corrected chi connectivity index (χ0v) is 33.8. The second kappa shape index (κ2) is 23.3. The molecule has 2 nitrogen and oxygen atoms in total. The smallest absolute Gasteiger partial charge is 0.459 e. The zero-order chi connectivity index (χ0) is 47.0. The number of benzene rings is 2. The fraction of sp³-hybridized carbons (Fsp3) is 0.658. The van der Waals surface area contributed by atoms with Crippen LogP contribution in [0.3, 0.4) is 0 Å². The quantitative estimate of drug-likeness (QED) is 0.0406. The van der Waals surface area contributed by atoms with Gasteiger partial charge in [-0.15, -0.1) is 0 Å². The third-order valence-corrected chi connectivity index (χ3v) is 11.1. The van der Waals surface area contributed by atoms with Gasteiger partial charge in [-0.05, 0) is 17.5 Å². The number of hydrogen-bond donors (Lipinski definition) is 0. The van der Waals surface area contributed by atoms with Gasteiger partial charge in [-0.2, -0.15) is 83.4 Å². The van der Waals surface area contributed by atoms with Gasteiger partial charge in [0.05, 0.1) is 0 Å². The van der Waals surface area contributed by atoms with Crippen LogP contribution >= 0.6 is 21.6 Å².